The third-order valence-electron chi connectivity index (χ3n) is 6.56. The van der Waals surface area contributed by atoms with E-state index in [2.05, 4.69) is 5.32 Å². The number of ether oxygens (including phenoxy) is 1. The van der Waals surface area contributed by atoms with Crippen molar-refractivity contribution >= 4 is 33.2 Å². The molecule has 9 heteroatoms. The molecule has 2 aromatic rings. The minimum Gasteiger partial charge on any atom is -0.492 e. The number of hydrogen-bond donors (Lipinski definition) is 1. The van der Waals surface area contributed by atoms with E-state index in [-0.39, 0.29) is 35.4 Å². The van der Waals surface area contributed by atoms with Gasteiger partial charge in [-0.1, -0.05) is 12.1 Å². The van der Waals surface area contributed by atoms with Crippen molar-refractivity contribution in [2.45, 2.75) is 44.9 Å². The van der Waals surface area contributed by atoms with E-state index in [4.69, 9.17) is 4.74 Å². The highest BCUT2D eigenvalue weighted by Crippen LogP contribution is 2.33. The Morgan fingerprint density at radius 2 is 1.88 bits per heavy atom. The fourth-order valence-corrected chi connectivity index (χ4v) is 6.19. The van der Waals surface area contributed by atoms with Crippen molar-refractivity contribution in [1.82, 2.24) is 4.31 Å². The molecule has 0 radical (unpaired) electrons. The standard InChI is InChI=1S/C25H31N3O5S/c1-4-33-22-11-10-20(15-23(22)34(31,32)27-12-5-6-13-27)26-25(30)19-14-24(29)28(16-19)21-9-7-8-17(2)18(21)3/h7-11,15,19H,4-6,12-14,16H2,1-3H3,(H,26,30). The lowest BCUT2D eigenvalue weighted by Crippen LogP contribution is -2.29. The lowest BCUT2D eigenvalue weighted by atomic mass is 10.1. The van der Waals surface area contributed by atoms with Crippen LogP contribution in [0.15, 0.2) is 41.3 Å². The summed E-state index contributed by atoms with van der Waals surface area (Å²) < 4.78 is 33.4. The number of carbonyl (C=O) groups excluding carboxylic acids is 2. The van der Waals surface area contributed by atoms with E-state index >= 15 is 0 Å². The topological polar surface area (TPSA) is 96.0 Å². The molecule has 1 unspecified atom stereocenters. The van der Waals surface area contributed by atoms with Crippen molar-refractivity contribution in [3.05, 3.63) is 47.5 Å². The predicted molar refractivity (Wildman–Crippen MR) is 131 cm³/mol. The van der Waals surface area contributed by atoms with Gasteiger partial charge in [0, 0.05) is 37.4 Å². The summed E-state index contributed by atoms with van der Waals surface area (Å²) in [6.07, 6.45) is 1.76. The van der Waals surface area contributed by atoms with Crippen LogP contribution in [0.3, 0.4) is 0 Å². The van der Waals surface area contributed by atoms with E-state index in [0.717, 1.165) is 29.7 Å². The quantitative estimate of drug-likeness (QED) is 0.648. The molecule has 2 aliphatic heterocycles. The molecule has 1 atom stereocenters. The second-order valence-electron chi connectivity index (χ2n) is 8.82. The highest BCUT2D eigenvalue weighted by molar-refractivity contribution is 7.89. The summed E-state index contributed by atoms with van der Waals surface area (Å²) in [5.41, 5.74) is 3.28. The second kappa shape index (κ2) is 9.76. The van der Waals surface area contributed by atoms with Crippen LogP contribution < -0.4 is 15.0 Å². The molecule has 0 bridgehead atoms. The molecular weight excluding hydrogens is 454 g/mol. The smallest absolute Gasteiger partial charge is 0.246 e. The van der Waals surface area contributed by atoms with Gasteiger partial charge in [0.2, 0.25) is 21.8 Å². The Hall–Kier alpha value is -2.91. The lowest BCUT2D eigenvalue weighted by molar-refractivity contribution is -0.122. The average molecular weight is 486 g/mol. The first-order chi connectivity index (χ1) is 16.2. The molecule has 0 aliphatic carbocycles. The molecule has 2 saturated heterocycles. The summed E-state index contributed by atoms with van der Waals surface area (Å²) in [6, 6.07) is 10.4. The Morgan fingerprint density at radius 3 is 2.59 bits per heavy atom. The molecule has 182 valence electrons. The van der Waals surface area contributed by atoms with Crippen LogP contribution in [0.5, 0.6) is 5.75 Å². The summed E-state index contributed by atoms with van der Waals surface area (Å²) in [4.78, 5) is 27.4. The number of amides is 2. The molecule has 2 amide bonds. The zero-order valence-corrected chi connectivity index (χ0v) is 20.7. The average Bonchev–Trinajstić information content (AvgIpc) is 3.47. The maximum absolute atomic E-state index is 13.2. The molecule has 2 aliphatic rings. The Kier molecular flexibility index (Phi) is 6.95. The highest BCUT2D eigenvalue weighted by atomic mass is 32.2. The number of nitrogens with one attached hydrogen (secondary N) is 1. The van der Waals surface area contributed by atoms with Gasteiger partial charge in [0.1, 0.15) is 10.6 Å². The first-order valence-electron chi connectivity index (χ1n) is 11.7. The van der Waals surface area contributed by atoms with Crippen molar-refractivity contribution in [3.8, 4) is 5.75 Å². The van der Waals surface area contributed by atoms with Crippen LogP contribution in [-0.4, -0.2) is 50.8 Å². The maximum Gasteiger partial charge on any atom is 0.246 e. The minimum atomic E-state index is -3.74. The van der Waals surface area contributed by atoms with Crippen LogP contribution in [0.2, 0.25) is 0 Å². The molecule has 2 heterocycles. The van der Waals surface area contributed by atoms with Gasteiger partial charge in [0.15, 0.2) is 0 Å². The largest absolute Gasteiger partial charge is 0.492 e. The zero-order chi connectivity index (χ0) is 24.5. The maximum atomic E-state index is 13.2. The molecule has 34 heavy (non-hydrogen) atoms. The number of sulfonamides is 1. The van der Waals surface area contributed by atoms with Crippen LogP contribution in [0, 0.1) is 19.8 Å². The van der Waals surface area contributed by atoms with Gasteiger partial charge in [-0.2, -0.15) is 4.31 Å². The third kappa shape index (κ3) is 4.67. The third-order valence-corrected chi connectivity index (χ3v) is 8.48. The SMILES string of the molecule is CCOc1ccc(NC(=O)C2CC(=O)N(c3cccc(C)c3C)C2)cc1S(=O)(=O)N1CCCC1. The predicted octanol–water partition coefficient (Wildman–Crippen LogP) is 3.48. The van der Waals surface area contributed by atoms with E-state index in [1.165, 1.54) is 10.4 Å². The van der Waals surface area contributed by atoms with Crippen LogP contribution in [-0.2, 0) is 19.6 Å². The van der Waals surface area contributed by atoms with Crippen molar-refractivity contribution in [2.24, 2.45) is 5.92 Å². The van der Waals surface area contributed by atoms with Gasteiger partial charge >= 0.3 is 0 Å². The first kappa shape index (κ1) is 24.2. The van der Waals surface area contributed by atoms with E-state index in [1.807, 2.05) is 32.0 Å². The van der Waals surface area contributed by atoms with Crippen molar-refractivity contribution in [1.29, 1.82) is 0 Å². The molecule has 4 rings (SSSR count). The number of hydrogen-bond acceptors (Lipinski definition) is 5. The van der Waals surface area contributed by atoms with Crippen molar-refractivity contribution in [2.75, 3.05) is 36.5 Å². The van der Waals surface area contributed by atoms with Gasteiger partial charge in [0.05, 0.1) is 12.5 Å². The highest BCUT2D eigenvalue weighted by Gasteiger charge is 2.36. The summed E-state index contributed by atoms with van der Waals surface area (Å²) in [7, 11) is -3.74. The second-order valence-corrected chi connectivity index (χ2v) is 10.7. The molecule has 0 spiro atoms. The van der Waals surface area contributed by atoms with Crippen molar-refractivity contribution in [3.63, 3.8) is 0 Å². The van der Waals surface area contributed by atoms with Gasteiger partial charge in [-0.25, -0.2) is 8.42 Å². The summed E-state index contributed by atoms with van der Waals surface area (Å²) >= 11 is 0. The number of aryl methyl sites for hydroxylation is 1. The van der Waals surface area contributed by atoms with E-state index in [1.54, 1.807) is 24.0 Å². The normalized spacial score (nSPS) is 19.0. The Morgan fingerprint density at radius 1 is 1.15 bits per heavy atom. The van der Waals surface area contributed by atoms with Gasteiger partial charge in [-0.3, -0.25) is 9.59 Å². The minimum absolute atomic E-state index is 0.0496. The van der Waals surface area contributed by atoms with Crippen LogP contribution in [0.25, 0.3) is 0 Å². The van der Waals surface area contributed by atoms with Gasteiger partial charge in [-0.05, 0) is 69.0 Å². The fraction of sp³-hybridized carbons (Fsp3) is 0.440. The fourth-order valence-electron chi connectivity index (χ4n) is 4.52. The number of nitrogens with zero attached hydrogens (tertiary/aromatic N) is 2. The number of carbonyl (C=O) groups is 2. The van der Waals surface area contributed by atoms with Crippen LogP contribution >= 0.6 is 0 Å². The molecular formula is C25H31N3O5S. The Labute approximate surface area is 200 Å². The van der Waals surface area contributed by atoms with Gasteiger partial charge < -0.3 is 15.0 Å². The van der Waals surface area contributed by atoms with Crippen molar-refractivity contribution < 1.29 is 22.7 Å². The molecule has 8 nitrogen and oxygen atoms in total. The molecule has 0 aromatic heterocycles. The molecule has 0 saturated carbocycles. The van der Waals surface area contributed by atoms with Crippen LogP contribution in [0.1, 0.15) is 37.3 Å². The molecule has 2 fully saturated rings. The summed E-state index contributed by atoms with van der Waals surface area (Å²) in [6.45, 7) is 7.31. The number of rotatable bonds is 7. The van der Waals surface area contributed by atoms with Gasteiger partial charge in [0.25, 0.3) is 0 Å². The van der Waals surface area contributed by atoms with E-state index in [0.29, 0.717) is 25.4 Å². The monoisotopic (exact) mass is 485 g/mol. The Bertz CT molecular complexity index is 1210. The zero-order valence-electron chi connectivity index (χ0n) is 19.8. The number of anilines is 2. The first-order valence-corrected chi connectivity index (χ1v) is 13.1. The molecule has 2 aromatic carbocycles. The van der Waals surface area contributed by atoms with E-state index in [9.17, 15) is 18.0 Å². The molecule has 1 N–H and O–H groups in total. The number of benzene rings is 2. The lowest BCUT2D eigenvalue weighted by Gasteiger charge is -2.20. The summed E-state index contributed by atoms with van der Waals surface area (Å²) in [5.74, 6) is -0.671. The van der Waals surface area contributed by atoms with Crippen LogP contribution in [0.4, 0.5) is 11.4 Å². The van der Waals surface area contributed by atoms with Gasteiger partial charge in [-0.15, -0.1) is 0 Å². The van der Waals surface area contributed by atoms with E-state index < -0.39 is 15.9 Å². The summed E-state index contributed by atoms with van der Waals surface area (Å²) in [5, 5.41) is 2.82. The Balaban J connectivity index is 1.54.